The van der Waals surface area contributed by atoms with Crippen LogP contribution in [0.5, 0.6) is 0 Å². The Kier molecular flexibility index (Phi) is 45.3. The molecule has 0 aliphatic carbocycles. The van der Waals surface area contributed by atoms with E-state index in [1.807, 2.05) is 4.90 Å². The summed E-state index contributed by atoms with van der Waals surface area (Å²) in [5.74, 6) is -14.8. The minimum absolute atomic E-state index is 0. The molecule has 0 unspecified atom stereocenters. The van der Waals surface area contributed by atoms with Crippen molar-refractivity contribution in [3.8, 4) is 0 Å². The predicted molar refractivity (Wildman–Crippen MR) is 373 cm³/mol. The number of hydrogen-bond acceptors (Lipinski definition) is 27. The molecule has 13 N–H and O–H groups in total. The van der Waals surface area contributed by atoms with Crippen molar-refractivity contribution < 1.29 is 245 Å². The maximum Gasteiger partial charge on any atom is 0.354 e. The first kappa shape index (κ1) is 98.8. The second-order valence-corrected chi connectivity index (χ2v) is 23.4. The third-order valence-corrected chi connectivity index (χ3v) is 15.4. The van der Waals surface area contributed by atoms with Crippen LogP contribution in [-0.4, -0.2) is 324 Å². The van der Waals surface area contributed by atoms with Crippen molar-refractivity contribution in [1.82, 2.24) is 69.2 Å². The second kappa shape index (κ2) is 51.4. The van der Waals surface area contributed by atoms with Crippen LogP contribution in [0.4, 0.5) is 0 Å². The van der Waals surface area contributed by atoms with Gasteiger partial charge in [0, 0.05) is 234 Å². The summed E-state index contributed by atoms with van der Waals surface area (Å²) in [4.78, 5) is 182. The van der Waals surface area contributed by atoms with Gasteiger partial charge in [-0.05, 0) is 84.9 Å². The van der Waals surface area contributed by atoms with E-state index >= 15 is 0 Å². The summed E-state index contributed by atoms with van der Waals surface area (Å²) in [7, 11) is 0. The van der Waals surface area contributed by atoms with Crippen molar-refractivity contribution in [2.75, 3.05) is 111 Å². The summed E-state index contributed by atoms with van der Waals surface area (Å²) in [6.07, 6.45) is 0. The number of aromatic carboxylic acids is 10. The largest absolute Gasteiger partial charge is 0.480 e. The van der Waals surface area contributed by atoms with Crippen molar-refractivity contribution in [3.63, 3.8) is 0 Å². The normalized spacial score (nSPS) is 13.9. The Hall–Kier alpha value is -9.26. The van der Waals surface area contributed by atoms with Crippen molar-refractivity contribution in [1.29, 1.82) is 0 Å². The van der Waals surface area contributed by atoms with E-state index in [0.717, 1.165) is 0 Å². The van der Waals surface area contributed by atoms with Crippen LogP contribution in [0, 0.1) is 116 Å². The molecule has 2 fully saturated rings. The number of carboxylic acids is 13. The monoisotopic (exact) mass is 1990 g/mol. The second-order valence-electron chi connectivity index (χ2n) is 23.4. The molecule has 605 valence electrons. The van der Waals surface area contributed by atoms with Gasteiger partial charge < -0.3 is 66.4 Å². The molecular formula is C69H76N14O26Tb3. The average molecular weight is 1990 g/mol. The molecule has 2 aliphatic rings. The van der Waals surface area contributed by atoms with Gasteiger partial charge in [-0.15, -0.1) is 0 Å². The molecule has 0 spiro atoms. The molecule has 0 saturated carbocycles. The number of nitrogens with zero attached hydrogens (tertiary/aromatic N) is 14. The van der Waals surface area contributed by atoms with Crippen LogP contribution in [0.25, 0.3) is 0 Å². The van der Waals surface area contributed by atoms with Crippen molar-refractivity contribution in [2.24, 2.45) is 0 Å². The molecule has 9 rings (SSSR count). The molecule has 7 aromatic rings. The van der Waals surface area contributed by atoms with Gasteiger partial charge in [0.1, 0.15) is 56.9 Å². The fourth-order valence-corrected chi connectivity index (χ4v) is 10.1. The maximum atomic E-state index is 11.4. The summed E-state index contributed by atoms with van der Waals surface area (Å²) in [6.45, 7) is 8.08. The molecule has 3 radical (unpaired) electrons. The van der Waals surface area contributed by atoms with E-state index in [1.54, 1.807) is 63.2 Å². The maximum absolute atomic E-state index is 11.4. The smallest absolute Gasteiger partial charge is 0.354 e. The number of rotatable bonds is 24. The van der Waals surface area contributed by atoms with Gasteiger partial charge >= 0.3 is 77.6 Å². The van der Waals surface area contributed by atoms with Crippen LogP contribution in [0.2, 0.25) is 0 Å². The first-order valence-corrected chi connectivity index (χ1v) is 32.5. The topological polar surface area (TPSA) is 598 Å². The van der Waals surface area contributed by atoms with Gasteiger partial charge in [-0.1, -0.05) is 42.5 Å². The zero-order chi connectivity index (χ0) is 80.3. The SMILES string of the molecule is O=C(O)CN1CCN(CC(=O)O)CCN(Cc2cccc(C(=O)O)n2)CCN(CC(=O)O)CC1.O=C(O)c1cccc(C(=O)O)n1.O=C(O)c1cccc(C(=O)O)n1.O=C(O)c1cccc(C(=O)O)n1.O=C(O)c1cccc(CN2CCN(Cc3cccc(C(=O)O)n3)CCN(Cc3cccc(C(=O)O)n3)CC2)n1.[Tb].[Tb].[Tb]. The van der Waals surface area contributed by atoms with E-state index in [9.17, 15) is 98.1 Å². The molecular weight excluding hydrogens is 1920 g/mol. The summed E-state index contributed by atoms with van der Waals surface area (Å²) in [5, 5.41) is 116. The van der Waals surface area contributed by atoms with Gasteiger partial charge in [-0.25, -0.2) is 82.8 Å². The molecule has 2 aliphatic heterocycles. The Labute approximate surface area is 728 Å². The zero-order valence-electron chi connectivity index (χ0n) is 58.9. The number of aliphatic carboxylic acids is 3. The van der Waals surface area contributed by atoms with Gasteiger partial charge in [0.2, 0.25) is 0 Å². The predicted octanol–water partition coefficient (Wildman–Crippen LogP) is 1.98. The third kappa shape index (κ3) is 37.4. The summed E-state index contributed by atoms with van der Waals surface area (Å²) in [6, 6.07) is 30.9. The van der Waals surface area contributed by atoms with Crippen LogP contribution >= 0.6 is 0 Å². The van der Waals surface area contributed by atoms with Crippen LogP contribution in [0.3, 0.4) is 0 Å². The van der Waals surface area contributed by atoms with E-state index in [4.69, 9.17) is 30.6 Å². The molecule has 7 aromatic heterocycles. The minimum atomic E-state index is -1.24. The molecule has 40 nitrogen and oxygen atoms in total. The molecule has 9 heterocycles. The van der Waals surface area contributed by atoms with Gasteiger partial charge in [-0.3, -0.25) is 48.7 Å². The van der Waals surface area contributed by atoms with Crippen LogP contribution in [0.1, 0.15) is 128 Å². The van der Waals surface area contributed by atoms with E-state index in [1.165, 1.54) is 78.9 Å². The summed E-state index contributed by atoms with van der Waals surface area (Å²) >= 11 is 0. The van der Waals surface area contributed by atoms with Crippen molar-refractivity contribution in [2.45, 2.75) is 26.2 Å². The Morgan fingerprint density at radius 1 is 0.205 bits per heavy atom. The standard InChI is InChI=1S/C27H30N6O6.C21H31N5O8.3C7H5NO4.3Tb/c34-25(35)22-7-1-4-19(28-22)16-31-10-12-32(17-20-5-2-8-23(29-20)26(36)37)14-15-33(13-11-31)18-21-6-3-9-24(30-21)27(38)39;27-18(28)13-24-6-4-23(12-16-2-1-3-17(22-16)21(33)34)5-7-25(14-19(29)30)9-11-26(10-8-24)15-20(31)32;3*9-6(10)4-2-1-3-5(8-4)7(11)12;;;/h1-9H,10-18H2,(H,34,35)(H,36,37)(H,38,39);1-3H,4-15H2,(H,27,28)(H,29,30)(H,31,32)(H,33,34);3*1-3H,(H,9,10)(H,11,12);;;. The molecule has 2 saturated heterocycles. The van der Waals surface area contributed by atoms with Crippen molar-refractivity contribution in [3.05, 3.63) is 207 Å². The first-order valence-electron chi connectivity index (χ1n) is 32.5. The Morgan fingerprint density at radius 3 is 0.464 bits per heavy atom. The molecule has 0 atom stereocenters. The summed E-state index contributed by atoms with van der Waals surface area (Å²) in [5.41, 5.74) is 0.784. The fraction of sp³-hybridized carbons (Fsp3) is 0.304. The van der Waals surface area contributed by atoms with Crippen LogP contribution in [0.15, 0.2) is 127 Å². The molecule has 112 heavy (non-hydrogen) atoms. The van der Waals surface area contributed by atoms with Crippen LogP contribution < -0.4 is 0 Å². The first-order chi connectivity index (χ1) is 51.7. The van der Waals surface area contributed by atoms with Gasteiger partial charge in [0.25, 0.3) is 0 Å². The number of hydrogen-bond donors (Lipinski definition) is 13. The van der Waals surface area contributed by atoms with E-state index < -0.39 is 77.6 Å². The third-order valence-electron chi connectivity index (χ3n) is 15.4. The number of pyridine rings is 7. The zero-order valence-corrected chi connectivity index (χ0v) is 65.3. The number of aromatic nitrogens is 7. The van der Waals surface area contributed by atoms with E-state index in [2.05, 4.69) is 49.6 Å². The summed E-state index contributed by atoms with van der Waals surface area (Å²) < 4.78 is 0. The Morgan fingerprint density at radius 2 is 0.330 bits per heavy atom. The minimum Gasteiger partial charge on any atom is -0.480 e. The molecule has 0 bridgehead atoms. The van der Waals surface area contributed by atoms with Gasteiger partial charge in [-0.2, -0.15) is 0 Å². The molecule has 43 heteroatoms. The van der Waals surface area contributed by atoms with Gasteiger partial charge in [0.05, 0.1) is 42.4 Å². The van der Waals surface area contributed by atoms with Crippen LogP contribution in [-0.2, 0) is 40.6 Å². The fourth-order valence-electron chi connectivity index (χ4n) is 10.1. The van der Waals surface area contributed by atoms with Crippen molar-refractivity contribution >= 4 is 77.6 Å². The Balaban J connectivity index is 0.000000521. The quantitative estimate of drug-likeness (QED) is 0.0411. The Bertz CT molecular complexity index is 3950. The molecule has 0 aromatic carbocycles. The van der Waals surface area contributed by atoms with Gasteiger partial charge in [0.15, 0.2) is 0 Å². The van der Waals surface area contributed by atoms with E-state index in [-0.39, 0.29) is 192 Å². The average Bonchev–Trinajstić information content (AvgIpc) is 1.53. The molecule has 0 amide bonds. The number of carboxylic acid groups (broad SMARTS) is 13. The van der Waals surface area contributed by atoms with E-state index in [0.29, 0.717) is 141 Å². The number of carbonyl (C=O) groups is 13.